The van der Waals surface area contributed by atoms with E-state index >= 15 is 0 Å². The Kier molecular flexibility index (Phi) is 4.07. The van der Waals surface area contributed by atoms with Crippen LogP contribution in [0.25, 0.3) is 10.1 Å². The van der Waals surface area contributed by atoms with E-state index in [1.165, 1.54) is 23.5 Å². The lowest BCUT2D eigenvalue weighted by Gasteiger charge is -2.13. The second-order valence-corrected chi connectivity index (χ2v) is 9.70. The van der Waals surface area contributed by atoms with Gasteiger partial charge in [0.1, 0.15) is 11.6 Å². The number of thiophene rings is 1. The van der Waals surface area contributed by atoms with Gasteiger partial charge in [-0.1, -0.05) is 6.07 Å². The van der Waals surface area contributed by atoms with Gasteiger partial charge in [0.05, 0.1) is 28.1 Å². The predicted molar refractivity (Wildman–Crippen MR) is 99.0 cm³/mol. The smallest absolute Gasteiger partial charge is 0.266 e. The number of hydrogen-bond donors (Lipinski definition) is 1. The average Bonchev–Trinajstić information content (AvgIpc) is 3.24. The molecule has 0 bridgehead atoms. The number of anilines is 1. The number of benzene rings is 1. The van der Waals surface area contributed by atoms with Crippen molar-refractivity contribution in [1.82, 2.24) is 9.78 Å². The maximum Gasteiger partial charge on any atom is 0.266 e. The van der Waals surface area contributed by atoms with Gasteiger partial charge in [-0.3, -0.25) is 4.79 Å². The zero-order chi connectivity index (χ0) is 18.5. The van der Waals surface area contributed by atoms with Gasteiger partial charge in [0, 0.05) is 16.2 Å². The van der Waals surface area contributed by atoms with Crippen LogP contribution in [0.15, 0.2) is 30.3 Å². The normalized spacial score (nSPS) is 19.1. The van der Waals surface area contributed by atoms with E-state index < -0.39 is 9.84 Å². The third-order valence-corrected chi connectivity index (χ3v) is 7.24. The number of hydrogen-bond acceptors (Lipinski definition) is 5. The van der Waals surface area contributed by atoms with E-state index in [9.17, 15) is 17.6 Å². The molecule has 1 atom stereocenters. The fourth-order valence-corrected chi connectivity index (χ4v) is 5.83. The molecule has 2 aromatic heterocycles. The largest absolute Gasteiger partial charge is 0.306 e. The monoisotopic (exact) mass is 393 g/mol. The number of nitrogens with zero attached hydrogens (tertiary/aromatic N) is 2. The van der Waals surface area contributed by atoms with Crippen LogP contribution in [0.4, 0.5) is 10.2 Å². The Morgan fingerprint density at radius 2 is 2.19 bits per heavy atom. The summed E-state index contributed by atoms with van der Waals surface area (Å²) in [5.74, 6) is -0.139. The van der Waals surface area contributed by atoms with Gasteiger partial charge in [0.25, 0.3) is 5.91 Å². The van der Waals surface area contributed by atoms with Crippen molar-refractivity contribution in [2.75, 3.05) is 16.8 Å². The predicted octanol–water partition coefficient (Wildman–Crippen LogP) is 3.16. The Balaban J connectivity index is 1.62. The minimum Gasteiger partial charge on any atom is -0.306 e. The fraction of sp³-hybridized carbons (Fsp3) is 0.294. The molecule has 1 aliphatic rings. The summed E-state index contributed by atoms with van der Waals surface area (Å²) >= 11 is 1.21. The van der Waals surface area contributed by atoms with Gasteiger partial charge in [-0.25, -0.2) is 17.5 Å². The zero-order valence-corrected chi connectivity index (χ0v) is 15.5. The Morgan fingerprint density at radius 3 is 2.88 bits per heavy atom. The van der Waals surface area contributed by atoms with Crippen molar-refractivity contribution >= 4 is 43.0 Å². The molecular weight excluding hydrogens is 377 g/mol. The van der Waals surface area contributed by atoms with Crippen molar-refractivity contribution < 1.29 is 17.6 Å². The summed E-state index contributed by atoms with van der Waals surface area (Å²) in [4.78, 5) is 13.0. The van der Waals surface area contributed by atoms with Crippen molar-refractivity contribution in [1.29, 1.82) is 0 Å². The first kappa shape index (κ1) is 17.2. The van der Waals surface area contributed by atoms with Gasteiger partial charge >= 0.3 is 0 Å². The Labute approximate surface area is 153 Å². The SMILES string of the molecule is Cc1cc(NC(=O)c2cc3c(F)cccc3s2)n(C2CCS(=O)(=O)C2)n1. The summed E-state index contributed by atoms with van der Waals surface area (Å²) in [6.45, 7) is 1.78. The van der Waals surface area contributed by atoms with Gasteiger partial charge in [-0.15, -0.1) is 11.3 Å². The van der Waals surface area contributed by atoms with E-state index in [0.717, 1.165) is 0 Å². The Morgan fingerprint density at radius 1 is 1.38 bits per heavy atom. The molecule has 4 rings (SSSR count). The maximum atomic E-state index is 13.8. The number of carbonyl (C=O) groups is 1. The van der Waals surface area contributed by atoms with Crippen LogP contribution in [0.3, 0.4) is 0 Å². The first-order chi connectivity index (χ1) is 12.3. The molecule has 1 aliphatic heterocycles. The molecule has 1 fully saturated rings. The summed E-state index contributed by atoms with van der Waals surface area (Å²) in [5, 5.41) is 7.54. The number of carbonyl (C=O) groups excluding carboxylic acids is 1. The standard InChI is InChI=1S/C17H16FN3O3S2/c1-10-7-16(21(20-10)11-5-6-26(23,24)9-11)19-17(22)15-8-12-13(18)3-2-4-14(12)25-15/h2-4,7-8,11H,5-6,9H2,1H3,(H,19,22). The highest BCUT2D eigenvalue weighted by Gasteiger charge is 2.31. The molecule has 0 aliphatic carbocycles. The molecule has 3 heterocycles. The number of aromatic nitrogens is 2. The van der Waals surface area contributed by atoms with Crippen LogP contribution in [0, 0.1) is 12.7 Å². The number of nitrogens with one attached hydrogen (secondary N) is 1. The zero-order valence-electron chi connectivity index (χ0n) is 13.9. The minimum absolute atomic E-state index is 0.0189. The molecule has 1 amide bonds. The molecule has 1 aromatic carbocycles. The molecule has 0 radical (unpaired) electrons. The molecule has 0 saturated carbocycles. The van der Waals surface area contributed by atoms with E-state index in [0.29, 0.717) is 32.9 Å². The van der Waals surface area contributed by atoms with Gasteiger partial charge in [0.2, 0.25) is 0 Å². The summed E-state index contributed by atoms with van der Waals surface area (Å²) in [6, 6.07) is 7.67. The minimum atomic E-state index is -3.07. The lowest BCUT2D eigenvalue weighted by atomic mass is 10.2. The topological polar surface area (TPSA) is 81.1 Å². The van der Waals surface area contributed by atoms with Crippen LogP contribution in [0.2, 0.25) is 0 Å². The van der Waals surface area contributed by atoms with Crippen molar-refractivity contribution in [2.24, 2.45) is 0 Å². The van der Waals surface area contributed by atoms with Gasteiger partial charge in [0.15, 0.2) is 9.84 Å². The highest BCUT2D eigenvalue weighted by molar-refractivity contribution is 7.91. The number of amides is 1. The van der Waals surface area contributed by atoms with E-state index in [-0.39, 0.29) is 29.3 Å². The molecule has 0 spiro atoms. The summed E-state index contributed by atoms with van der Waals surface area (Å²) in [6.07, 6.45) is 0.473. The Bertz CT molecular complexity index is 1120. The number of fused-ring (bicyclic) bond motifs is 1. The van der Waals surface area contributed by atoms with Crippen LogP contribution in [-0.2, 0) is 9.84 Å². The highest BCUT2D eigenvalue weighted by atomic mass is 32.2. The van der Waals surface area contributed by atoms with Crippen LogP contribution in [0.5, 0.6) is 0 Å². The average molecular weight is 393 g/mol. The molecule has 1 unspecified atom stereocenters. The second-order valence-electron chi connectivity index (χ2n) is 6.39. The van der Waals surface area contributed by atoms with Crippen LogP contribution in [0.1, 0.15) is 27.8 Å². The second kappa shape index (κ2) is 6.17. The molecule has 3 aromatic rings. The van der Waals surface area contributed by atoms with Crippen LogP contribution >= 0.6 is 11.3 Å². The number of rotatable bonds is 3. The van der Waals surface area contributed by atoms with Gasteiger partial charge < -0.3 is 5.32 Å². The summed E-state index contributed by atoms with van der Waals surface area (Å²) < 4.78 is 39.6. The van der Waals surface area contributed by atoms with E-state index in [4.69, 9.17) is 0 Å². The van der Waals surface area contributed by atoms with Crippen molar-refractivity contribution in [3.8, 4) is 0 Å². The molecule has 1 saturated heterocycles. The van der Waals surface area contributed by atoms with Gasteiger partial charge in [-0.05, 0) is 31.5 Å². The molecule has 9 heteroatoms. The number of aryl methyl sites for hydroxylation is 1. The molecule has 26 heavy (non-hydrogen) atoms. The summed E-state index contributed by atoms with van der Waals surface area (Å²) in [7, 11) is -3.07. The lowest BCUT2D eigenvalue weighted by Crippen LogP contribution is -2.19. The number of sulfone groups is 1. The van der Waals surface area contributed by atoms with E-state index in [1.807, 2.05) is 0 Å². The van der Waals surface area contributed by atoms with Crippen molar-refractivity contribution in [3.63, 3.8) is 0 Å². The molecular formula is C17H16FN3O3S2. The van der Waals surface area contributed by atoms with E-state index in [1.54, 1.807) is 29.8 Å². The quantitative estimate of drug-likeness (QED) is 0.741. The van der Waals surface area contributed by atoms with Gasteiger partial charge in [-0.2, -0.15) is 5.10 Å². The van der Waals surface area contributed by atoms with Crippen LogP contribution in [-0.4, -0.2) is 35.6 Å². The van der Waals surface area contributed by atoms with E-state index in [2.05, 4.69) is 10.4 Å². The summed E-state index contributed by atoms with van der Waals surface area (Å²) in [5.41, 5.74) is 0.687. The number of halogens is 1. The Hall–Kier alpha value is -2.26. The third kappa shape index (κ3) is 3.12. The van der Waals surface area contributed by atoms with Crippen molar-refractivity contribution in [3.05, 3.63) is 46.7 Å². The first-order valence-electron chi connectivity index (χ1n) is 8.08. The molecule has 1 N–H and O–H groups in total. The highest BCUT2D eigenvalue weighted by Crippen LogP contribution is 2.30. The van der Waals surface area contributed by atoms with Crippen molar-refractivity contribution in [2.45, 2.75) is 19.4 Å². The molecule has 6 nitrogen and oxygen atoms in total. The third-order valence-electron chi connectivity index (χ3n) is 4.39. The van der Waals surface area contributed by atoms with Crippen LogP contribution < -0.4 is 5.32 Å². The first-order valence-corrected chi connectivity index (χ1v) is 10.7. The fourth-order valence-electron chi connectivity index (χ4n) is 3.17. The lowest BCUT2D eigenvalue weighted by molar-refractivity contribution is 0.102. The maximum absolute atomic E-state index is 13.8. The molecule has 136 valence electrons.